The number of nitrogens with two attached hydrogens (primary N) is 1. The summed E-state index contributed by atoms with van der Waals surface area (Å²) < 4.78 is 5.20. The summed E-state index contributed by atoms with van der Waals surface area (Å²) in [6.07, 6.45) is 3.67. The van der Waals surface area contributed by atoms with Crippen LogP contribution in [0.3, 0.4) is 0 Å². The van der Waals surface area contributed by atoms with Crippen molar-refractivity contribution < 1.29 is 4.74 Å². The average Bonchev–Trinajstić information content (AvgIpc) is 2.55. The van der Waals surface area contributed by atoms with Gasteiger partial charge in [0, 0.05) is 18.3 Å². The summed E-state index contributed by atoms with van der Waals surface area (Å²) in [6.45, 7) is 6.65. The molecular formula is C17H28N4O. The molecule has 0 bridgehead atoms. The van der Waals surface area contributed by atoms with Crippen LogP contribution in [-0.2, 0) is 0 Å². The zero-order valence-corrected chi connectivity index (χ0v) is 13.7. The predicted octanol–water partition coefficient (Wildman–Crippen LogP) is 2.54. The minimum atomic E-state index is 0.476. The molecule has 1 aliphatic rings. The predicted molar refractivity (Wildman–Crippen MR) is 92.6 cm³/mol. The molecule has 22 heavy (non-hydrogen) atoms. The molecule has 1 aliphatic heterocycles. The number of piperidine rings is 1. The van der Waals surface area contributed by atoms with Gasteiger partial charge in [-0.15, -0.1) is 0 Å². The van der Waals surface area contributed by atoms with Gasteiger partial charge >= 0.3 is 0 Å². The topological polar surface area (TPSA) is 62.9 Å². The Morgan fingerprint density at radius 2 is 2.18 bits per heavy atom. The van der Waals surface area contributed by atoms with Gasteiger partial charge in [-0.05, 0) is 56.9 Å². The number of rotatable bonds is 6. The Bertz CT molecular complexity index is 481. The van der Waals surface area contributed by atoms with Gasteiger partial charge in [0.25, 0.3) is 0 Å². The lowest BCUT2D eigenvalue weighted by molar-refractivity contribution is 0.188. The number of guanidine groups is 1. The minimum Gasteiger partial charge on any atom is -0.497 e. The Morgan fingerprint density at radius 3 is 2.86 bits per heavy atom. The fraction of sp³-hybridized carbons (Fsp3) is 0.588. The fourth-order valence-electron chi connectivity index (χ4n) is 2.82. The maximum atomic E-state index is 5.98. The maximum Gasteiger partial charge on any atom is 0.193 e. The first-order valence-electron chi connectivity index (χ1n) is 8.14. The van der Waals surface area contributed by atoms with Crippen LogP contribution < -0.4 is 15.8 Å². The normalized spacial score (nSPS) is 17.5. The molecule has 1 saturated heterocycles. The third-order valence-corrected chi connectivity index (χ3v) is 4.11. The number of likely N-dealkylation sites (tertiary alicyclic amines) is 1. The third-order valence-electron chi connectivity index (χ3n) is 4.11. The molecule has 1 heterocycles. The second kappa shape index (κ2) is 8.63. The van der Waals surface area contributed by atoms with Crippen LogP contribution >= 0.6 is 0 Å². The van der Waals surface area contributed by atoms with Crippen molar-refractivity contribution in [1.82, 2.24) is 4.90 Å². The number of nitrogens with one attached hydrogen (secondary N) is 1. The summed E-state index contributed by atoms with van der Waals surface area (Å²) in [5, 5.41) is 3.12. The van der Waals surface area contributed by atoms with Crippen molar-refractivity contribution in [2.45, 2.75) is 26.2 Å². The van der Waals surface area contributed by atoms with E-state index in [1.54, 1.807) is 7.11 Å². The van der Waals surface area contributed by atoms with E-state index in [1.807, 2.05) is 24.3 Å². The van der Waals surface area contributed by atoms with E-state index in [0.717, 1.165) is 18.0 Å². The van der Waals surface area contributed by atoms with E-state index in [0.29, 0.717) is 11.9 Å². The molecule has 1 aromatic carbocycles. The van der Waals surface area contributed by atoms with E-state index in [9.17, 15) is 0 Å². The van der Waals surface area contributed by atoms with Crippen molar-refractivity contribution in [2.24, 2.45) is 16.6 Å². The van der Waals surface area contributed by atoms with Crippen LogP contribution in [-0.4, -0.2) is 44.1 Å². The van der Waals surface area contributed by atoms with Crippen molar-refractivity contribution in [3.8, 4) is 5.75 Å². The molecule has 3 N–H and O–H groups in total. The Balaban J connectivity index is 1.78. The first kappa shape index (κ1) is 16.6. The number of hydrogen-bond acceptors (Lipinski definition) is 3. The average molecular weight is 304 g/mol. The molecule has 0 spiro atoms. The van der Waals surface area contributed by atoms with Crippen LogP contribution in [0, 0.1) is 5.92 Å². The van der Waals surface area contributed by atoms with Gasteiger partial charge < -0.3 is 20.7 Å². The van der Waals surface area contributed by atoms with Crippen LogP contribution in [0.25, 0.3) is 0 Å². The van der Waals surface area contributed by atoms with E-state index in [-0.39, 0.29) is 0 Å². The van der Waals surface area contributed by atoms with Gasteiger partial charge in [0.05, 0.1) is 7.11 Å². The van der Waals surface area contributed by atoms with Gasteiger partial charge in [-0.2, -0.15) is 0 Å². The lowest BCUT2D eigenvalue weighted by Crippen LogP contribution is -2.35. The van der Waals surface area contributed by atoms with Crippen molar-refractivity contribution in [2.75, 3.05) is 38.6 Å². The maximum absolute atomic E-state index is 5.98. The fourth-order valence-corrected chi connectivity index (χ4v) is 2.82. The molecule has 0 atom stereocenters. The van der Waals surface area contributed by atoms with Crippen molar-refractivity contribution >= 4 is 11.6 Å². The number of anilines is 1. The van der Waals surface area contributed by atoms with Crippen molar-refractivity contribution in [3.63, 3.8) is 0 Å². The standard InChI is InChI=1S/C17H28N4O/c1-3-9-21-10-7-14(8-11-21)13-19-17(18)20-15-5-4-6-16(12-15)22-2/h4-6,12,14H,3,7-11,13H2,1-2H3,(H3,18,19,20). The third kappa shape index (κ3) is 5.22. The second-order valence-electron chi connectivity index (χ2n) is 5.87. The van der Waals surface area contributed by atoms with E-state index >= 15 is 0 Å². The lowest BCUT2D eigenvalue weighted by Gasteiger charge is -2.30. The summed E-state index contributed by atoms with van der Waals surface area (Å²) in [4.78, 5) is 7.03. The van der Waals surface area contributed by atoms with Gasteiger partial charge in [-0.3, -0.25) is 4.99 Å². The van der Waals surface area contributed by atoms with Gasteiger partial charge in [-0.25, -0.2) is 0 Å². The molecule has 0 unspecified atom stereocenters. The molecule has 0 aromatic heterocycles. The summed E-state index contributed by atoms with van der Waals surface area (Å²) in [6, 6.07) is 7.69. The van der Waals surface area contributed by atoms with Crippen LogP contribution in [0.15, 0.2) is 29.3 Å². The largest absolute Gasteiger partial charge is 0.497 e. The van der Waals surface area contributed by atoms with Crippen LogP contribution in [0.2, 0.25) is 0 Å². The Kier molecular flexibility index (Phi) is 6.52. The highest BCUT2D eigenvalue weighted by Crippen LogP contribution is 2.18. The molecule has 0 aliphatic carbocycles. The van der Waals surface area contributed by atoms with Gasteiger partial charge in [0.1, 0.15) is 5.75 Å². The van der Waals surface area contributed by atoms with E-state index in [4.69, 9.17) is 10.5 Å². The smallest absolute Gasteiger partial charge is 0.193 e. The number of hydrogen-bond donors (Lipinski definition) is 2. The minimum absolute atomic E-state index is 0.476. The summed E-state index contributed by atoms with van der Waals surface area (Å²) in [7, 11) is 1.65. The number of aliphatic imine (C=N–C) groups is 1. The number of nitrogens with zero attached hydrogens (tertiary/aromatic N) is 2. The zero-order chi connectivity index (χ0) is 15.8. The highest BCUT2D eigenvalue weighted by atomic mass is 16.5. The van der Waals surface area contributed by atoms with Crippen molar-refractivity contribution in [1.29, 1.82) is 0 Å². The molecule has 1 fully saturated rings. The monoisotopic (exact) mass is 304 g/mol. The van der Waals surface area contributed by atoms with Crippen LogP contribution in [0.1, 0.15) is 26.2 Å². The molecule has 5 heteroatoms. The molecule has 0 saturated carbocycles. The van der Waals surface area contributed by atoms with E-state index < -0.39 is 0 Å². The highest BCUT2D eigenvalue weighted by Gasteiger charge is 2.18. The molecular weight excluding hydrogens is 276 g/mol. The number of ether oxygens (including phenoxy) is 1. The number of benzene rings is 1. The molecule has 2 rings (SSSR count). The van der Waals surface area contributed by atoms with E-state index in [2.05, 4.69) is 22.1 Å². The zero-order valence-electron chi connectivity index (χ0n) is 13.7. The number of methoxy groups -OCH3 is 1. The first-order chi connectivity index (χ1) is 10.7. The van der Waals surface area contributed by atoms with Gasteiger partial charge in [0.2, 0.25) is 0 Å². The lowest BCUT2D eigenvalue weighted by atomic mass is 9.97. The second-order valence-corrected chi connectivity index (χ2v) is 5.87. The Morgan fingerprint density at radius 1 is 1.41 bits per heavy atom. The SMILES string of the molecule is CCCN1CCC(CN=C(N)Nc2cccc(OC)c2)CC1. The van der Waals surface area contributed by atoms with Gasteiger partial charge in [-0.1, -0.05) is 13.0 Å². The molecule has 0 radical (unpaired) electrons. The first-order valence-corrected chi connectivity index (χ1v) is 8.14. The Labute approximate surface area is 133 Å². The van der Waals surface area contributed by atoms with Crippen LogP contribution in [0.4, 0.5) is 5.69 Å². The molecule has 1 aromatic rings. The van der Waals surface area contributed by atoms with E-state index in [1.165, 1.54) is 38.9 Å². The highest BCUT2D eigenvalue weighted by molar-refractivity contribution is 5.92. The Hall–Kier alpha value is -1.75. The van der Waals surface area contributed by atoms with Crippen LogP contribution in [0.5, 0.6) is 5.75 Å². The molecule has 0 amide bonds. The quantitative estimate of drug-likeness (QED) is 0.626. The van der Waals surface area contributed by atoms with Crippen molar-refractivity contribution in [3.05, 3.63) is 24.3 Å². The summed E-state index contributed by atoms with van der Waals surface area (Å²) in [5.41, 5.74) is 6.88. The molecule has 5 nitrogen and oxygen atoms in total. The summed E-state index contributed by atoms with van der Waals surface area (Å²) >= 11 is 0. The summed E-state index contributed by atoms with van der Waals surface area (Å²) in [5.74, 6) is 1.93. The van der Waals surface area contributed by atoms with Gasteiger partial charge in [0.15, 0.2) is 5.96 Å². The molecule has 122 valence electrons.